The lowest BCUT2D eigenvalue weighted by molar-refractivity contribution is 0.0963. The molecule has 0 saturated carbocycles. The van der Waals surface area contributed by atoms with Crippen molar-refractivity contribution in [1.29, 1.82) is 0 Å². The van der Waals surface area contributed by atoms with E-state index in [1.54, 1.807) is 13.1 Å². The lowest BCUT2D eigenvalue weighted by Gasteiger charge is -2.10. The molecule has 5 heteroatoms. The van der Waals surface area contributed by atoms with Gasteiger partial charge in [-0.15, -0.1) is 0 Å². The average molecular weight is 341 g/mol. The third-order valence-electron chi connectivity index (χ3n) is 4.08. The van der Waals surface area contributed by atoms with E-state index >= 15 is 0 Å². The van der Waals surface area contributed by atoms with Gasteiger partial charge in [0.15, 0.2) is 0 Å². The molecule has 0 atom stereocenters. The van der Waals surface area contributed by atoms with Crippen molar-refractivity contribution < 1.29 is 4.79 Å². The van der Waals surface area contributed by atoms with Gasteiger partial charge in [0.2, 0.25) is 0 Å². The van der Waals surface area contributed by atoms with Crippen LogP contribution in [0.25, 0.3) is 16.7 Å². The van der Waals surface area contributed by atoms with Crippen molar-refractivity contribution in [3.63, 3.8) is 0 Å². The summed E-state index contributed by atoms with van der Waals surface area (Å²) in [7, 11) is 1.59. The molecule has 1 amide bonds. The SMILES string of the molecule is [CH2]Cc1ccc(-n2c(CC)nc3cc(C(=O)NC)c(Cl)cc32)cc1. The summed E-state index contributed by atoms with van der Waals surface area (Å²) in [6, 6.07) is 11.8. The molecular formula is C19H19ClN3O. The Morgan fingerprint density at radius 3 is 2.58 bits per heavy atom. The Morgan fingerprint density at radius 2 is 2.00 bits per heavy atom. The summed E-state index contributed by atoms with van der Waals surface area (Å²) >= 11 is 6.33. The van der Waals surface area contributed by atoms with E-state index in [9.17, 15) is 4.79 Å². The number of aromatic nitrogens is 2. The lowest BCUT2D eigenvalue weighted by Crippen LogP contribution is -2.18. The van der Waals surface area contributed by atoms with Crippen molar-refractivity contribution in [2.45, 2.75) is 19.8 Å². The van der Waals surface area contributed by atoms with E-state index < -0.39 is 0 Å². The van der Waals surface area contributed by atoms with Crippen molar-refractivity contribution >= 4 is 28.5 Å². The summed E-state index contributed by atoms with van der Waals surface area (Å²) in [6.45, 7) is 5.96. The van der Waals surface area contributed by atoms with Crippen molar-refractivity contribution in [2.24, 2.45) is 0 Å². The monoisotopic (exact) mass is 340 g/mol. The molecule has 0 aliphatic rings. The first-order chi connectivity index (χ1) is 11.6. The first-order valence-corrected chi connectivity index (χ1v) is 8.28. The Bertz CT molecular complexity index is 897. The molecule has 0 aliphatic carbocycles. The van der Waals surface area contributed by atoms with Crippen molar-refractivity contribution in [2.75, 3.05) is 7.05 Å². The third kappa shape index (κ3) is 2.78. The van der Waals surface area contributed by atoms with E-state index in [4.69, 9.17) is 11.6 Å². The zero-order valence-corrected chi connectivity index (χ0v) is 14.5. The molecule has 4 nitrogen and oxygen atoms in total. The molecule has 3 rings (SSSR count). The van der Waals surface area contributed by atoms with Crippen molar-refractivity contribution in [1.82, 2.24) is 14.9 Å². The van der Waals surface area contributed by atoms with Crippen LogP contribution >= 0.6 is 11.6 Å². The predicted octanol–water partition coefficient (Wildman–Crippen LogP) is 3.98. The van der Waals surface area contributed by atoms with Gasteiger partial charge in [-0.1, -0.05) is 30.7 Å². The number of nitrogens with one attached hydrogen (secondary N) is 1. The van der Waals surface area contributed by atoms with Crippen LogP contribution in [0.4, 0.5) is 0 Å². The van der Waals surface area contributed by atoms with Crippen LogP contribution in [0.1, 0.15) is 28.7 Å². The van der Waals surface area contributed by atoms with Gasteiger partial charge in [-0.2, -0.15) is 0 Å². The number of carbonyl (C=O) groups excluding carboxylic acids is 1. The Labute approximate surface area is 146 Å². The van der Waals surface area contributed by atoms with E-state index in [0.717, 1.165) is 35.4 Å². The molecule has 24 heavy (non-hydrogen) atoms. The number of hydrogen-bond donors (Lipinski definition) is 1. The number of hydrogen-bond acceptors (Lipinski definition) is 2. The molecule has 0 saturated heterocycles. The largest absolute Gasteiger partial charge is 0.355 e. The molecule has 1 N–H and O–H groups in total. The average Bonchev–Trinajstić information content (AvgIpc) is 2.97. The Kier molecular flexibility index (Phi) is 4.58. The first-order valence-electron chi connectivity index (χ1n) is 7.90. The van der Waals surface area contributed by atoms with Crippen molar-refractivity contribution in [3.05, 3.63) is 65.3 Å². The second-order valence-electron chi connectivity index (χ2n) is 5.53. The van der Waals surface area contributed by atoms with Gasteiger partial charge in [-0.05, 0) is 43.2 Å². The standard InChI is InChI=1S/C19H19ClN3O/c1-4-12-6-8-13(9-7-12)23-17-11-15(20)14(19(24)21-3)10-16(17)22-18(23)5-2/h6-11H,1,4-5H2,2-3H3,(H,21,24). The van der Waals surface area contributed by atoms with Gasteiger partial charge in [0, 0.05) is 19.2 Å². The van der Waals surface area contributed by atoms with Gasteiger partial charge >= 0.3 is 0 Å². The van der Waals surface area contributed by atoms with Crippen LogP contribution in [0, 0.1) is 6.92 Å². The molecular weight excluding hydrogens is 322 g/mol. The highest BCUT2D eigenvalue weighted by molar-refractivity contribution is 6.34. The maximum Gasteiger partial charge on any atom is 0.252 e. The van der Waals surface area contributed by atoms with Gasteiger partial charge in [-0.25, -0.2) is 4.98 Å². The Hall–Kier alpha value is -2.33. The summed E-state index contributed by atoms with van der Waals surface area (Å²) in [4.78, 5) is 16.6. The zero-order valence-electron chi connectivity index (χ0n) is 13.8. The maximum absolute atomic E-state index is 11.9. The van der Waals surface area contributed by atoms with Gasteiger partial charge in [0.05, 0.1) is 21.6 Å². The molecule has 0 bridgehead atoms. The van der Waals surface area contributed by atoms with Gasteiger partial charge in [0.25, 0.3) is 5.91 Å². The summed E-state index contributed by atoms with van der Waals surface area (Å²) in [5, 5.41) is 3.02. The van der Waals surface area contributed by atoms with Gasteiger partial charge in [-0.3, -0.25) is 9.36 Å². The molecule has 0 unspecified atom stereocenters. The number of halogens is 1. The number of carbonyl (C=O) groups is 1. The minimum Gasteiger partial charge on any atom is -0.355 e. The minimum absolute atomic E-state index is 0.214. The number of rotatable bonds is 4. The lowest BCUT2D eigenvalue weighted by atomic mass is 10.1. The van der Waals surface area contributed by atoms with E-state index in [1.165, 1.54) is 5.56 Å². The Morgan fingerprint density at radius 1 is 1.29 bits per heavy atom. The Balaban J connectivity index is 2.22. The minimum atomic E-state index is -0.214. The highest BCUT2D eigenvalue weighted by Crippen LogP contribution is 2.28. The molecule has 0 fully saturated rings. The number of amides is 1. The molecule has 0 aliphatic heterocycles. The number of benzene rings is 2. The molecule has 2 aromatic carbocycles. The van der Waals surface area contributed by atoms with Crippen LogP contribution in [0.2, 0.25) is 5.02 Å². The van der Waals surface area contributed by atoms with Crippen molar-refractivity contribution in [3.8, 4) is 5.69 Å². The number of fused-ring (bicyclic) bond motifs is 1. The second-order valence-corrected chi connectivity index (χ2v) is 5.94. The molecule has 3 aromatic rings. The zero-order chi connectivity index (χ0) is 17.3. The molecule has 123 valence electrons. The normalized spacial score (nSPS) is 11.0. The van der Waals surface area contributed by atoms with Crippen LogP contribution in [0.5, 0.6) is 0 Å². The molecule has 1 heterocycles. The smallest absolute Gasteiger partial charge is 0.252 e. The van der Waals surface area contributed by atoms with E-state index in [0.29, 0.717) is 10.6 Å². The summed E-state index contributed by atoms with van der Waals surface area (Å²) in [5.41, 5.74) is 4.30. The van der Waals surface area contributed by atoms with Crippen LogP contribution in [0.15, 0.2) is 36.4 Å². The number of aryl methyl sites for hydroxylation is 1. The number of nitrogens with zero attached hydrogens (tertiary/aromatic N) is 2. The molecule has 1 radical (unpaired) electrons. The highest BCUT2D eigenvalue weighted by Gasteiger charge is 2.16. The van der Waals surface area contributed by atoms with Crippen LogP contribution < -0.4 is 5.32 Å². The van der Waals surface area contributed by atoms with Crippen LogP contribution in [-0.4, -0.2) is 22.5 Å². The van der Waals surface area contributed by atoms with Crippen LogP contribution in [-0.2, 0) is 12.8 Å². The summed E-state index contributed by atoms with van der Waals surface area (Å²) in [5.74, 6) is 0.715. The molecule has 0 spiro atoms. The fraction of sp³-hybridized carbons (Fsp3) is 0.211. The van der Waals surface area contributed by atoms with E-state index in [-0.39, 0.29) is 5.91 Å². The highest BCUT2D eigenvalue weighted by atomic mass is 35.5. The quantitative estimate of drug-likeness (QED) is 0.781. The van der Waals surface area contributed by atoms with Gasteiger partial charge < -0.3 is 5.32 Å². The fourth-order valence-electron chi connectivity index (χ4n) is 2.79. The first kappa shape index (κ1) is 16.5. The fourth-order valence-corrected chi connectivity index (χ4v) is 3.04. The second kappa shape index (κ2) is 6.65. The summed E-state index contributed by atoms with van der Waals surface area (Å²) < 4.78 is 2.09. The third-order valence-corrected chi connectivity index (χ3v) is 4.40. The molecule has 1 aromatic heterocycles. The van der Waals surface area contributed by atoms with E-state index in [1.807, 2.05) is 6.07 Å². The maximum atomic E-state index is 11.9. The number of imidazole rings is 1. The summed E-state index contributed by atoms with van der Waals surface area (Å²) in [6.07, 6.45) is 1.53. The van der Waals surface area contributed by atoms with E-state index in [2.05, 4.69) is 53.0 Å². The van der Waals surface area contributed by atoms with Gasteiger partial charge in [0.1, 0.15) is 5.82 Å². The predicted molar refractivity (Wildman–Crippen MR) is 97.9 cm³/mol. The van der Waals surface area contributed by atoms with Crippen LogP contribution in [0.3, 0.4) is 0 Å². The topological polar surface area (TPSA) is 46.9 Å².